The van der Waals surface area contributed by atoms with E-state index in [1.807, 2.05) is 20.0 Å². The molecule has 0 amide bonds. The summed E-state index contributed by atoms with van der Waals surface area (Å²) in [6.45, 7) is 3.97. The molecule has 0 bridgehead atoms. The normalized spacial score (nSPS) is 13.4. The van der Waals surface area contributed by atoms with Gasteiger partial charge >= 0.3 is 0 Å². The third-order valence-corrected chi connectivity index (χ3v) is 2.86. The maximum atomic E-state index is 5.83. The van der Waals surface area contributed by atoms with Crippen LogP contribution in [-0.2, 0) is 6.54 Å². The topological polar surface area (TPSA) is 81.3 Å². The van der Waals surface area contributed by atoms with Gasteiger partial charge < -0.3 is 20.8 Å². The standard InChI is InChI=1S/C13H20N4O/c1-9-16-12-5-10(3-4-13(12)18-9)7-17(2)8-11(15)6-14/h3-5,11H,6-8,14-15H2,1-2H3. The van der Waals surface area contributed by atoms with Crippen molar-refractivity contribution in [3.63, 3.8) is 0 Å². The number of aryl methyl sites for hydroxylation is 1. The maximum absolute atomic E-state index is 5.83. The number of likely N-dealkylation sites (N-methyl/N-ethyl adjacent to an activating group) is 1. The molecule has 0 spiro atoms. The molecule has 18 heavy (non-hydrogen) atoms. The third-order valence-electron chi connectivity index (χ3n) is 2.86. The van der Waals surface area contributed by atoms with E-state index in [1.165, 1.54) is 5.56 Å². The Kier molecular flexibility index (Phi) is 3.96. The van der Waals surface area contributed by atoms with Gasteiger partial charge in [0.2, 0.25) is 0 Å². The number of benzene rings is 1. The summed E-state index contributed by atoms with van der Waals surface area (Å²) in [5, 5.41) is 0. The molecular weight excluding hydrogens is 228 g/mol. The Bertz CT molecular complexity index is 523. The number of aromatic nitrogens is 1. The molecule has 0 fully saturated rings. The van der Waals surface area contributed by atoms with E-state index >= 15 is 0 Å². The third kappa shape index (κ3) is 3.07. The van der Waals surface area contributed by atoms with Gasteiger partial charge in [0.05, 0.1) is 0 Å². The van der Waals surface area contributed by atoms with Gasteiger partial charge in [-0.3, -0.25) is 0 Å². The fraction of sp³-hybridized carbons (Fsp3) is 0.462. The van der Waals surface area contributed by atoms with Crippen LogP contribution in [0, 0.1) is 6.92 Å². The Morgan fingerprint density at radius 2 is 2.22 bits per heavy atom. The van der Waals surface area contributed by atoms with Gasteiger partial charge in [-0.15, -0.1) is 0 Å². The Morgan fingerprint density at radius 1 is 1.44 bits per heavy atom. The predicted molar refractivity (Wildman–Crippen MR) is 72.1 cm³/mol. The molecule has 0 saturated heterocycles. The van der Waals surface area contributed by atoms with Gasteiger partial charge in [0.25, 0.3) is 0 Å². The minimum atomic E-state index is 0.0213. The van der Waals surface area contributed by atoms with Gasteiger partial charge in [-0.1, -0.05) is 6.07 Å². The van der Waals surface area contributed by atoms with E-state index in [0.29, 0.717) is 12.4 Å². The van der Waals surface area contributed by atoms with Gasteiger partial charge in [-0.25, -0.2) is 4.98 Å². The summed E-state index contributed by atoms with van der Waals surface area (Å²) in [5.74, 6) is 0.695. The van der Waals surface area contributed by atoms with Gasteiger partial charge in [0.15, 0.2) is 11.5 Å². The van der Waals surface area contributed by atoms with Crippen molar-refractivity contribution in [2.75, 3.05) is 20.1 Å². The van der Waals surface area contributed by atoms with Crippen LogP contribution in [0.4, 0.5) is 0 Å². The second kappa shape index (κ2) is 5.48. The van der Waals surface area contributed by atoms with E-state index in [0.717, 1.165) is 24.2 Å². The Balaban J connectivity index is 2.07. The summed E-state index contributed by atoms with van der Waals surface area (Å²) in [6.07, 6.45) is 0. The molecule has 1 unspecified atom stereocenters. The molecule has 1 heterocycles. The highest BCUT2D eigenvalue weighted by molar-refractivity contribution is 5.73. The molecule has 0 saturated carbocycles. The van der Waals surface area contributed by atoms with E-state index in [-0.39, 0.29) is 6.04 Å². The van der Waals surface area contributed by atoms with Gasteiger partial charge in [-0.05, 0) is 24.7 Å². The van der Waals surface area contributed by atoms with Crippen molar-refractivity contribution in [3.05, 3.63) is 29.7 Å². The highest BCUT2D eigenvalue weighted by atomic mass is 16.3. The average molecular weight is 248 g/mol. The second-order valence-electron chi connectivity index (χ2n) is 4.73. The number of hydrogen-bond donors (Lipinski definition) is 2. The SMILES string of the molecule is Cc1nc2cc(CN(C)CC(N)CN)ccc2o1. The smallest absolute Gasteiger partial charge is 0.192 e. The van der Waals surface area contributed by atoms with Crippen molar-refractivity contribution >= 4 is 11.1 Å². The van der Waals surface area contributed by atoms with E-state index < -0.39 is 0 Å². The quantitative estimate of drug-likeness (QED) is 0.820. The van der Waals surface area contributed by atoms with Crippen molar-refractivity contribution in [1.82, 2.24) is 9.88 Å². The summed E-state index contributed by atoms with van der Waals surface area (Å²) in [6, 6.07) is 6.09. The fourth-order valence-corrected chi connectivity index (χ4v) is 2.04. The summed E-state index contributed by atoms with van der Waals surface area (Å²) < 4.78 is 5.45. The minimum absolute atomic E-state index is 0.0213. The highest BCUT2D eigenvalue weighted by Crippen LogP contribution is 2.17. The van der Waals surface area contributed by atoms with E-state index in [2.05, 4.69) is 22.0 Å². The van der Waals surface area contributed by atoms with Crippen LogP contribution in [0.25, 0.3) is 11.1 Å². The molecule has 2 rings (SSSR count). The molecule has 0 aliphatic heterocycles. The van der Waals surface area contributed by atoms with Crippen molar-refractivity contribution in [3.8, 4) is 0 Å². The molecule has 0 radical (unpaired) electrons. The van der Waals surface area contributed by atoms with Crippen molar-refractivity contribution in [2.45, 2.75) is 19.5 Å². The van der Waals surface area contributed by atoms with Crippen LogP contribution in [0.1, 0.15) is 11.5 Å². The number of nitrogens with zero attached hydrogens (tertiary/aromatic N) is 2. The lowest BCUT2D eigenvalue weighted by Crippen LogP contribution is -2.40. The van der Waals surface area contributed by atoms with E-state index in [9.17, 15) is 0 Å². The Hall–Kier alpha value is -1.43. The van der Waals surface area contributed by atoms with Crippen LogP contribution in [0.2, 0.25) is 0 Å². The molecule has 98 valence electrons. The van der Waals surface area contributed by atoms with E-state index in [4.69, 9.17) is 15.9 Å². The first-order valence-corrected chi connectivity index (χ1v) is 6.08. The zero-order valence-corrected chi connectivity index (χ0v) is 10.9. The maximum Gasteiger partial charge on any atom is 0.192 e. The number of nitrogens with two attached hydrogens (primary N) is 2. The van der Waals surface area contributed by atoms with Crippen LogP contribution in [0.3, 0.4) is 0 Å². The highest BCUT2D eigenvalue weighted by Gasteiger charge is 2.08. The first kappa shape index (κ1) is 13.0. The van der Waals surface area contributed by atoms with Gasteiger partial charge in [0, 0.05) is 32.6 Å². The Labute approximate surface area is 107 Å². The molecule has 2 aromatic rings. The average Bonchev–Trinajstić information content (AvgIpc) is 2.68. The first-order valence-electron chi connectivity index (χ1n) is 6.08. The molecule has 4 N–H and O–H groups in total. The Morgan fingerprint density at radius 3 is 2.94 bits per heavy atom. The summed E-state index contributed by atoms with van der Waals surface area (Å²) in [7, 11) is 2.04. The number of oxazole rings is 1. The molecule has 5 nitrogen and oxygen atoms in total. The molecule has 0 aliphatic carbocycles. The predicted octanol–water partition coefficient (Wildman–Crippen LogP) is 0.854. The molecule has 1 aromatic heterocycles. The largest absolute Gasteiger partial charge is 0.441 e. The first-order chi connectivity index (χ1) is 8.58. The minimum Gasteiger partial charge on any atom is -0.441 e. The lowest BCUT2D eigenvalue weighted by molar-refractivity contribution is 0.305. The molecular formula is C13H20N4O. The lowest BCUT2D eigenvalue weighted by Gasteiger charge is -2.20. The second-order valence-corrected chi connectivity index (χ2v) is 4.73. The lowest BCUT2D eigenvalue weighted by atomic mass is 10.2. The van der Waals surface area contributed by atoms with Crippen LogP contribution >= 0.6 is 0 Å². The van der Waals surface area contributed by atoms with Gasteiger partial charge in [-0.2, -0.15) is 0 Å². The fourth-order valence-electron chi connectivity index (χ4n) is 2.04. The number of hydrogen-bond acceptors (Lipinski definition) is 5. The van der Waals surface area contributed by atoms with Crippen LogP contribution in [0.15, 0.2) is 22.6 Å². The number of rotatable bonds is 5. The molecule has 1 aromatic carbocycles. The summed E-state index contributed by atoms with van der Waals surface area (Å²) in [4.78, 5) is 6.49. The number of fused-ring (bicyclic) bond motifs is 1. The monoisotopic (exact) mass is 248 g/mol. The van der Waals surface area contributed by atoms with Crippen molar-refractivity contribution < 1.29 is 4.42 Å². The van der Waals surface area contributed by atoms with Crippen LogP contribution in [0.5, 0.6) is 0 Å². The summed E-state index contributed by atoms with van der Waals surface area (Å²) >= 11 is 0. The van der Waals surface area contributed by atoms with Gasteiger partial charge in [0.1, 0.15) is 5.52 Å². The molecule has 1 atom stereocenters. The summed E-state index contributed by atoms with van der Waals surface area (Å²) in [5.41, 5.74) is 14.3. The van der Waals surface area contributed by atoms with Crippen LogP contribution in [-0.4, -0.2) is 36.1 Å². The molecule has 5 heteroatoms. The zero-order valence-electron chi connectivity index (χ0n) is 10.9. The van der Waals surface area contributed by atoms with Crippen molar-refractivity contribution in [1.29, 1.82) is 0 Å². The molecule has 0 aliphatic rings. The van der Waals surface area contributed by atoms with Crippen LogP contribution < -0.4 is 11.5 Å². The zero-order chi connectivity index (χ0) is 13.1. The van der Waals surface area contributed by atoms with Crippen molar-refractivity contribution in [2.24, 2.45) is 11.5 Å². The van der Waals surface area contributed by atoms with E-state index in [1.54, 1.807) is 0 Å².